The molecule has 1 aromatic rings. The van der Waals surface area contributed by atoms with Gasteiger partial charge in [-0.1, -0.05) is 51.1 Å². The molecule has 24 heavy (non-hydrogen) atoms. The molecule has 0 unspecified atom stereocenters. The van der Waals surface area contributed by atoms with Crippen molar-refractivity contribution in [3.8, 4) is 0 Å². The smallest absolute Gasteiger partial charge is 0.230 e. The summed E-state index contributed by atoms with van der Waals surface area (Å²) in [4.78, 5) is 23.0. The number of aromatic nitrogens is 2. The van der Waals surface area contributed by atoms with Gasteiger partial charge in [-0.3, -0.25) is 4.79 Å². The molecule has 0 aliphatic carbocycles. The van der Waals surface area contributed by atoms with E-state index in [2.05, 4.69) is 47.9 Å². The van der Waals surface area contributed by atoms with Crippen molar-refractivity contribution in [3.63, 3.8) is 0 Å². The van der Waals surface area contributed by atoms with Crippen molar-refractivity contribution in [1.82, 2.24) is 15.3 Å². The lowest BCUT2D eigenvalue weighted by Crippen LogP contribution is -2.37. The zero-order chi connectivity index (χ0) is 18.1. The number of nitrogens with one attached hydrogen (secondary N) is 1. The highest BCUT2D eigenvalue weighted by Crippen LogP contribution is 2.22. The third-order valence-electron chi connectivity index (χ3n) is 3.69. The van der Waals surface area contributed by atoms with Crippen LogP contribution in [0.2, 0.25) is 5.15 Å². The molecule has 1 N–H and O–H groups in total. The molecule has 7 heteroatoms. The summed E-state index contributed by atoms with van der Waals surface area (Å²) in [5.74, 6) is 1.52. The molecule has 0 aliphatic rings. The predicted octanol–water partition coefficient (Wildman–Crippen LogP) is 4.01. The maximum absolute atomic E-state index is 12.0. The Balaban J connectivity index is 2.73. The summed E-state index contributed by atoms with van der Waals surface area (Å²) in [6.07, 6.45) is 2.08. The molecule has 1 aromatic heterocycles. The summed E-state index contributed by atoms with van der Waals surface area (Å²) < 4.78 is 0. The first-order valence-corrected chi connectivity index (χ1v) is 9.95. The fourth-order valence-corrected chi connectivity index (χ4v) is 2.98. The molecule has 136 valence electrons. The molecule has 1 heterocycles. The molecule has 1 amide bonds. The van der Waals surface area contributed by atoms with Crippen LogP contribution in [0.15, 0.2) is 11.2 Å². The van der Waals surface area contributed by atoms with E-state index in [9.17, 15) is 4.79 Å². The lowest BCUT2D eigenvalue weighted by molar-refractivity contribution is -0.119. The summed E-state index contributed by atoms with van der Waals surface area (Å²) in [5.41, 5.74) is 0. The monoisotopic (exact) mass is 372 g/mol. The number of nitrogens with zero attached hydrogens (tertiary/aromatic N) is 3. The Morgan fingerprint density at radius 1 is 1.25 bits per heavy atom. The van der Waals surface area contributed by atoms with Gasteiger partial charge in [0, 0.05) is 25.2 Å². The van der Waals surface area contributed by atoms with E-state index in [4.69, 9.17) is 11.6 Å². The second kappa shape index (κ2) is 10.8. The van der Waals surface area contributed by atoms with Crippen LogP contribution in [0, 0.1) is 5.92 Å². The predicted molar refractivity (Wildman–Crippen MR) is 103 cm³/mol. The van der Waals surface area contributed by atoms with Crippen LogP contribution in [-0.2, 0) is 4.79 Å². The van der Waals surface area contributed by atoms with Gasteiger partial charge in [0.25, 0.3) is 0 Å². The highest BCUT2D eigenvalue weighted by atomic mass is 35.5. The second-order valence-corrected chi connectivity index (χ2v) is 7.54. The molecule has 0 aromatic carbocycles. The summed E-state index contributed by atoms with van der Waals surface area (Å²) in [6, 6.07) is 1.94. The molecule has 0 bridgehead atoms. The number of carbonyl (C=O) groups excluding carboxylic acids is 1. The van der Waals surface area contributed by atoms with Gasteiger partial charge in [-0.15, -0.1) is 0 Å². The van der Waals surface area contributed by atoms with Crippen LogP contribution in [0.3, 0.4) is 0 Å². The fraction of sp³-hybridized carbons (Fsp3) is 0.706. The van der Waals surface area contributed by atoms with Gasteiger partial charge in [-0.25, -0.2) is 9.97 Å². The summed E-state index contributed by atoms with van der Waals surface area (Å²) in [7, 11) is 0. The minimum Gasteiger partial charge on any atom is -0.356 e. The van der Waals surface area contributed by atoms with Crippen molar-refractivity contribution in [2.75, 3.05) is 23.7 Å². The molecule has 0 radical (unpaired) electrons. The molecule has 0 fully saturated rings. The van der Waals surface area contributed by atoms with Crippen molar-refractivity contribution >= 4 is 35.1 Å². The molecule has 5 nitrogen and oxygen atoms in total. The molecule has 1 rings (SSSR count). The van der Waals surface area contributed by atoms with Gasteiger partial charge in [0.15, 0.2) is 5.16 Å². The first kappa shape index (κ1) is 21.0. The summed E-state index contributed by atoms with van der Waals surface area (Å²) in [6.45, 7) is 12.3. The first-order chi connectivity index (χ1) is 11.4. The number of halogens is 1. The van der Waals surface area contributed by atoms with Crippen molar-refractivity contribution < 1.29 is 4.79 Å². The largest absolute Gasteiger partial charge is 0.356 e. The van der Waals surface area contributed by atoms with Crippen molar-refractivity contribution in [2.45, 2.75) is 58.7 Å². The van der Waals surface area contributed by atoms with Crippen LogP contribution in [-0.4, -0.2) is 40.8 Å². The van der Waals surface area contributed by atoms with Gasteiger partial charge in [0.1, 0.15) is 11.0 Å². The van der Waals surface area contributed by atoms with E-state index >= 15 is 0 Å². The van der Waals surface area contributed by atoms with Crippen molar-refractivity contribution in [3.05, 3.63) is 11.2 Å². The van der Waals surface area contributed by atoms with Gasteiger partial charge >= 0.3 is 0 Å². The summed E-state index contributed by atoms with van der Waals surface area (Å²) >= 11 is 7.46. The van der Waals surface area contributed by atoms with Gasteiger partial charge in [-0.05, 0) is 25.7 Å². The van der Waals surface area contributed by atoms with Crippen LogP contribution in [0.4, 0.5) is 5.82 Å². The topological polar surface area (TPSA) is 58.1 Å². The third kappa shape index (κ3) is 7.26. The number of carbonyl (C=O) groups is 1. The normalized spacial score (nSPS) is 12.3. The van der Waals surface area contributed by atoms with E-state index in [0.717, 1.165) is 31.7 Å². The minimum atomic E-state index is -0.00898. The van der Waals surface area contributed by atoms with Crippen LogP contribution in [0.25, 0.3) is 0 Å². The van der Waals surface area contributed by atoms with Crippen LogP contribution in [0.5, 0.6) is 0 Å². The van der Waals surface area contributed by atoms with Crippen molar-refractivity contribution in [1.29, 1.82) is 0 Å². The summed E-state index contributed by atoms with van der Waals surface area (Å²) in [5, 5.41) is 3.94. The Bertz CT molecular complexity index is 521. The number of hydrogen-bond donors (Lipinski definition) is 1. The molecule has 0 spiro atoms. The van der Waals surface area contributed by atoms with Crippen LogP contribution < -0.4 is 10.2 Å². The van der Waals surface area contributed by atoms with E-state index in [1.807, 2.05) is 6.92 Å². The first-order valence-electron chi connectivity index (χ1n) is 8.59. The van der Waals surface area contributed by atoms with Crippen LogP contribution >= 0.6 is 23.4 Å². The number of anilines is 1. The molecule has 0 aliphatic heterocycles. The highest BCUT2D eigenvalue weighted by Gasteiger charge is 2.14. The van der Waals surface area contributed by atoms with Crippen LogP contribution in [0.1, 0.15) is 47.5 Å². The van der Waals surface area contributed by atoms with E-state index in [-0.39, 0.29) is 11.9 Å². The number of hydrogen-bond acceptors (Lipinski definition) is 5. The molecule has 1 atom stereocenters. The standard InChI is InChI=1S/C17H29ClN4OS/c1-6-8-22(9-7-2)15-10-14(18)20-17(21-15)24-11-16(23)19-13(5)12(3)4/h10,12-13H,6-9,11H2,1-5H3,(H,19,23)/t13-/m1/s1. The number of rotatable bonds is 10. The van der Waals surface area contributed by atoms with Gasteiger partial charge in [-0.2, -0.15) is 0 Å². The lowest BCUT2D eigenvalue weighted by atomic mass is 10.1. The lowest BCUT2D eigenvalue weighted by Gasteiger charge is -2.23. The Hall–Kier alpha value is -1.01. The molecule has 0 saturated heterocycles. The van der Waals surface area contributed by atoms with Gasteiger partial charge in [0.05, 0.1) is 5.75 Å². The molecular weight excluding hydrogens is 344 g/mol. The maximum atomic E-state index is 12.0. The Morgan fingerprint density at radius 2 is 1.88 bits per heavy atom. The second-order valence-electron chi connectivity index (χ2n) is 6.21. The highest BCUT2D eigenvalue weighted by molar-refractivity contribution is 7.99. The quantitative estimate of drug-likeness (QED) is 0.382. The maximum Gasteiger partial charge on any atom is 0.230 e. The van der Waals surface area contributed by atoms with Gasteiger partial charge in [0.2, 0.25) is 5.91 Å². The number of amides is 1. The zero-order valence-electron chi connectivity index (χ0n) is 15.3. The Morgan fingerprint density at radius 3 is 2.42 bits per heavy atom. The van der Waals surface area contributed by atoms with Crippen molar-refractivity contribution in [2.24, 2.45) is 5.92 Å². The fourth-order valence-electron chi connectivity index (χ4n) is 2.09. The Kier molecular flexibility index (Phi) is 9.44. The van der Waals surface area contributed by atoms with E-state index in [1.54, 1.807) is 6.07 Å². The molecule has 0 saturated carbocycles. The number of thioether (sulfide) groups is 1. The average molecular weight is 373 g/mol. The van der Waals surface area contributed by atoms with Gasteiger partial charge < -0.3 is 10.2 Å². The average Bonchev–Trinajstić information content (AvgIpc) is 2.52. The Labute approximate surface area is 155 Å². The minimum absolute atomic E-state index is 0.00898. The van der Waals surface area contributed by atoms with E-state index < -0.39 is 0 Å². The SMILES string of the molecule is CCCN(CCC)c1cc(Cl)nc(SCC(=O)N[C@H](C)C(C)C)n1. The zero-order valence-corrected chi connectivity index (χ0v) is 16.9. The van der Waals surface area contributed by atoms with E-state index in [1.165, 1.54) is 11.8 Å². The third-order valence-corrected chi connectivity index (χ3v) is 4.73. The molecular formula is C17H29ClN4OS. The van der Waals surface area contributed by atoms with E-state index in [0.29, 0.717) is 22.0 Å².